The zero-order chi connectivity index (χ0) is 26.5. The number of hydrogen-bond donors (Lipinski definition) is 0. The van der Waals surface area contributed by atoms with E-state index in [-0.39, 0.29) is 11.8 Å². The number of carbonyl (C=O) groups is 2. The fraction of sp³-hybridized carbons (Fsp3) is 0.400. The van der Waals surface area contributed by atoms with Crippen molar-refractivity contribution in [1.29, 1.82) is 5.26 Å². The molecule has 38 heavy (non-hydrogen) atoms. The molecule has 3 aliphatic heterocycles. The van der Waals surface area contributed by atoms with Crippen molar-refractivity contribution in [3.05, 3.63) is 65.3 Å². The van der Waals surface area contributed by atoms with Crippen molar-refractivity contribution in [2.45, 2.75) is 56.7 Å². The number of fused-ring (bicyclic) bond motifs is 6. The number of ether oxygens (including phenoxy) is 2. The first-order valence-corrected chi connectivity index (χ1v) is 13.5. The number of nitriles is 1. The first kappa shape index (κ1) is 24.8. The number of carbonyl (C=O) groups excluding carboxylic acids is 2. The Morgan fingerprint density at radius 2 is 1.76 bits per heavy atom. The van der Waals surface area contributed by atoms with Gasteiger partial charge in [0.15, 0.2) is 0 Å². The zero-order valence-electron chi connectivity index (χ0n) is 21.2. The Bertz CT molecular complexity index is 1470. The quantitative estimate of drug-likeness (QED) is 0.341. The van der Waals surface area contributed by atoms with Gasteiger partial charge in [0.1, 0.15) is 0 Å². The normalized spacial score (nSPS) is 27.7. The van der Waals surface area contributed by atoms with Crippen molar-refractivity contribution in [2.24, 2.45) is 11.8 Å². The monoisotopic (exact) mass is 529 g/mol. The summed E-state index contributed by atoms with van der Waals surface area (Å²) >= 11 is 5.94. The predicted molar refractivity (Wildman–Crippen MR) is 143 cm³/mol. The number of pyridine rings is 1. The lowest BCUT2D eigenvalue weighted by atomic mass is 9.65. The molecule has 2 bridgehead atoms. The molecule has 7 nitrogen and oxygen atoms in total. The third kappa shape index (κ3) is 3.70. The summed E-state index contributed by atoms with van der Waals surface area (Å²) in [5, 5.41) is 11.6. The Kier molecular flexibility index (Phi) is 6.13. The number of unbranched alkanes of at least 4 members (excludes halogenated alkanes) is 1. The molecule has 0 saturated carbocycles. The van der Waals surface area contributed by atoms with Crippen LogP contribution in [0.5, 0.6) is 5.88 Å². The van der Waals surface area contributed by atoms with E-state index in [1.165, 1.54) is 11.1 Å². The average Bonchev–Trinajstić information content (AvgIpc) is 3.54. The molecular weight excluding hydrogens is 502 g/mol. The van der Waals surface area contributed by atoms with E-state index in [9.17, 15) is 14.9 Å². The third-order valence-electron chi connectivity index (χ3n) is 8.51. The SMILES string of the molecule is CCCCC12CCC(CCOc3ccc(Cl)cn3)(O1)C1C(=O)N(c3ccc(C#N)c4ccccc34)C(=O)C12. The van der Waals surface area contributed by atoms with Crippen LogP contribution >= 0.6 is 11.6 Å². The maximum atomic E-state index is 14.2. The molecule has 3 aliphatic rings. The first-order valence-electron chi connectivity index (χ1n) is 13.2. The Morgan fingerprint density at radius 3 is 2.42 bits per heavy atom. The highest BCUT2D eigenvalue weighted by Gasteiger charge is 2.75. The van der Waals surface area contributed by atoms with Crippen molar-refractivity contribution in [3.63, 3.8) is 0 Å². The molecular formula is C30H28ClN3O4. The molecule has 4 unspecified atom stereocenters. The van der Waals surface area contributed by atoms with E-state index >= 15 is 0 Å². The molecule has 194 valence electrons. The molecule has 2 amide bonds. The summed E-state index contributed by atoms with van der Waals surface area (Å²) in [7, 11) is 0. The van der Waals surface area contributed by atoms with Crippen LogP contribution in [-0.2, 0) is 14.3 Å². The lowest BCUT2D eigenvalue weighted by Crippen LogP contribution is -2.43. The van der Waals surface area contributed by atoms with Crippen LogP contribution in [0.3, 0.4) is 0 Å². The highest BCUT2D eigenvalue weighted by molar-refractivity contribution is 6.30. The maximum Gasteiger partial charge on any atom is 0.240 e. The number of imide groups is 1. The lowest BCUT2D eigenvalue weighted by Gasteiger charge is -2.31. The number of hydrogen-bond acceptors (Lipinski definition) is 6. The third-order valence-corrected chi connectivity index (χ3v) is 8.73. The second kappa shape index (κ2) is 9.37. The van der Waals surface area contributed by atoms with E-state index in [1.54, 1.807) is 24.3 Å². The highest BCUT2D eigenvalue weighted by Crippen LogP contribution is 2.64. The van der Waals surface area contributed by atoms with Gasteiger partial charge in [-0.15, -0.1) is 0 Å². The summed E-state index contributed by atoms with van der Waals surface area (Å²) < 4.78 is 12.7. The molecule has 3 saturated heterocycles. The molecule has 3 fully saturated rings. The first-order chi connectivity index (χ1) is 18.4. The van der Waals surface area contributed by atoms with Crippen molar-refractivity contribution in [1.82, 2.24) is 4.98 Å². The van der Waals surface area contributed by atoms with E-state index in [1.807, 2.05) is 24.3 Å². The molecule has 0 spiro atoms. The molecule has 0 N–H and O–H groups in total. The maximum absolute atomic E-state index is 14.2. The van der Waals surface area contributed by atoms with E-state index < -0.39 is 23.0 Å². The molecule has 1 aromatic heterocycles. The minimum absolute atomic E-state index is 0.201. The van der Waals surface area contributed by atoms with Gasteiger partial charge in [0, 0.05) is 29.5 Å². The number of rotatable bonds is 8. The number of halogens is 1. The lowest BCUT2D eigenvalue weighted by molar-refractivity contribution is -0.132. The summed E-state index contributed by atoms with van der Waals surface area (Å²) in [5.41, 5.74) is -0.376. The van der Waals surface area contributed by atoms with Crippen LogP contribution in [0.15, 0.2) is 54.7 Å². The summed E-state index contributed by atoms with van der Waals surface area (Å²) in [6, 6.07) is 16.5. The second-order valence-electron chi connectivity index (χ2n) is 10.5. The average molecular weight is 530 g/mol. The molecule has 6 rings (SSSR count). The Morgan fingerprint density at radius 1 is 1.05 bits per heavy atom. The molecule has 0 radical (unpaired) electrons. The largest absolute Gasteiger partial charge is 0.478 e. The minimum Gasteiger partial charge on any atom is -0.478 e. The number of aromatic nitrogens is 1. The van der Waals surface area contributed by atoms with Gasteiger partial charge in [-0.1, -0.05) is 55.6 Å². The standard InChI is InChI=1S/C30H28ClN3O4/c1-2-3-12-29-13-14-30(38-29,15-16-37-24-11-9-20(31)18-33-24)26-25(29)27(35)34(28(26)36)23-10-8-19(17-32)21-6-4-5-7-22(21)23/h4-11,18,25-26H,2-3,12-16H2,1H3. The molecule has 4 atom stereocenters. The molecule has 3 aromatic rings. The van der Waals surface area contributed by atoms with E-state index in [0.717, 1.165) is 36.5 Å². The Labute approximate surface area is 226 Å². The van der Waals surface area contributed by atoms with Crippen molar-refractivity contribution in [3.8, 4) is 11.9 Å². The number of nitrogens with zero attached hydrogens (tertiary/aromatic N) is 3. The summed E-state index contributed by atoms with van der Waals surface area (Å²) in [6.45, 7) is 2.43. The summed E-state index contributed by atoms with van der Waals surface area (Å²) in [5.74, 6) is -1.07. The molecule has 0 aliphatic carbocycles. The van der Waals surface area contributed by atoms with Crippen LogP contribution in [0.4, 0.5) is 5.69 Å². The van der Waals surface area contributed by atoms with Crippen LogP contribution < -0.4 is 9.64 Å². The van der Waals surface area contributed by atoms with Crippen molar-refractivity contribution >= 4 is 39.9 Å². The molecule has 4 heterocycles. The van der Waals surface area contributed by atoms with Gasteiger partial charge in [0.2, 0.25) is 17.7 Å². The van der Waals surface area contributed by atoms with Crippen molar-refractivity contribution < 1.29 is 19.1 Å². The molecule has 8 heteroatoms. The van der Waals surface area contributed by atoms with Crippen LogP contribution in [0.1, 0.15) is 51.0 Å². The second-order valence-corrected chi connectivity index (χ2v) is 10.9. The minimum atomic E-state index is -0.769. The van der Waals surface area contributed by atoms with Gasteiger partial charge in [-0.2, -0.15) is 5.26 Å². The highest BCUT2D eigenvalue weighted by atomic mass is 35.5. The fourth-order valence-corrected chi connectivity index (χ4v) is 6.94. The van der Waals surface area contributed by atoms with Crippen LogP contribution in [-0.4, -0.2) is 34.6 Å². The fourth-order valence-electron chi connectivity index (χ4n) is 6.83. The Balaban J connectivity index is 1.36. The topological polar surface area (TPSA) is 92.5 Å². The summed E-state index contributed by atoms with van der Waals surface area (Å²) in [4.78, 5) is 33.9. The summed E-state index contributed by atoms with van der Waals surface area (Å²) in [6.07, 6.45) is 6.10. The van der Waals surface area contributed by atoms with Gasteiger partial charge >= 0.3 is 0 Å². The predicted octanol–water partition coefficient (Wildman–Crippen LogP) is 5.83. The van der Waals surface area contributed by atoms with Gasteiger partial charge in [0.25, 0.3) is 0 Å². The molecule has 2 aromatic carbocycles. The van der Waals surface area contributed by atoms with E-state index in [0.29, 0.717) is 41.6 Å². The number of benzene rings is 2. The van der Waals surface area contributed by atoms with Crippen LogP contribution in [0.25, 0.3) is 10.8 Å². The smallest absolute Gasteiger partial charge is 0.240 e. The zero-order valence-corrected chi connectivity index (χ0v) is 21.9. The van der Waals surface area contributed by atoms with E-state index in [4.69, 9.17) is 21.1 Å². The van der Waals surface area contributed by atoms with Crippen LogP contribution in [0, 0.1) is 23.2 Å². The van der Waals surface area contributed by atoms with Gasteiger partial charge in [-0.25, -0.2) is 9.88 Å². The van der Waals surface area contributed by atoms with E-state index in [2.05, 4.69) is 18.0 Å². The van der Waals surface area contributed by atoms with Crippen LogP contribution in [0.2, 0.25) is 5.02 Å². The Hall–Kier alpha value is -3.47. The number of amides is 2. The number of anilines is 1. The van der Waals surface area contributed by atoms with Gasteiger partial charge < -0.3 is 9.47 Å². The van der Waals surface area contributed by atoms with Gasteiger partial charge in [0.05, 0.1) is 52.0 Å². The van der Waals surface area contributed by atoms with Gasteiger partial charge in [-0.05, 0) is 37.5 Å². The van der Waals surface area contributed by atoms with Gasteiger partial charge in [-0.3, -0.25) is 9.59 Å². The van der Waals surface area contributed by atoms with Crippen molar-refractivity contribution in [2.75, 3.05) is 11.5 Å².